The Morgan fingerprint density at radius 3 is 2.60 bits per heavy atom. The zero-order chi connectivity index (χ0) is 14.7. The van der Waals surface area contributed by atoms with Crippen molar-refractivity contribution in [1.82, 2.24) is 10.2 Å². The number of methoxy groups -OCH3 is 1. The molecule has 1 aromatic rings. The van der Waals surface area contributed by atoms with Crippen molar-refractivity contribution in [1.29, 1.82) is 0 Å². The topological polar surface area (TPSA) is 41.6 Å². The van der Waals surface area contributed by atoms with Crippen molar-refractivity contribution in [3.63, 3.8) is 0 Å². The van der Waals surface area contributed by atoms with Gasteiger partial charge in [-0.15, -0.1) is 0 Å². The number of carbonyl (C=O) groups excluding carboxylic acids is 1. The lowest BCUT2D eigenvalue weighted by atomic mass is 10.1. The molecule has 20 heavy (non-hydrogen) atoms. The summed E-state index contributed by atoms with van der Waals surface area (Å²) >= 11 is 6.19. The van der Waals surface area contributed by atoms with E-state index in [9.17, 15) is 4.79 Å². The standard InChI is InChI=1S/C15H21ClN2O2/c1-10-8-18(9-11(2)17-10)15(19)6-12-4-5-13(20-3)7-14(12)16/h4-5,7,10-11,17H,6,8-9H2,1-3H3/t10-,11-/m1/s1. The maximum Gasteiger partial charge on any atom is 0.227 e. The van der Waals surface area contributed by atoms with E-state index in [-0.39, 0.29) is 5.91 Å². The number of halogens is 1. The van der Waals surface area contributed by atoms with E-state index < -0.39 is 0 Å². The Labute approximate surface area is 125 Å². The summed E-state index contributed by atoms with van der Waals surface area (Å²) in [6.45, 7) is 5.68. The van der Waals surface area contributed by atoms with E-state index in [1.54, 1.807) is 13.2 Å². The minimum atomic E-state index is 0.122. The van der Waals surface area contributed by atoms with Gasteiger partial charge in [-0.1, -0.05) is 17.7 Å². The number of rotatable bonds is 3. The predicted molar refractivity (Wildman–Crippen MR) is 80.3 cm³/mol. The summed E-state index contributed by atoms with van der Waals surface area (Å²) in [5.74, 6) is 0.827. The van der Waals surface area contributed by atoms with Gasteiger partial charge in [0.2, 0.25) is 5.91 Å². The van der Waals surface area contributed by atoms with Gasteiger partial charge in [0.25, 0.3) is 0 Å². The summed E-state index contributed by atoms with van der Waals surface area (Å²) in [4.78, 5) is 14.3. The zero-order valence-electron chi connectivity index (χ0n) is 12.1. The van der Waals surface area contributed by atoms with Crippen molar-refractivity contribution in [2.45, 2.75) is 32.4 Å². The molecule has 5 heteroatoms. The fraction of sp³-hybridized carbons (Fsp3) is 0.533. The number of nitrogens with one attached hydrogen (secondary N) is 1. The molecule has 0 unspecified atom stereocenters. The van der Waals surface area contributed by atoms with Gasteiger partial charge in [-0.25, -0.2) is 0 Å². The predicted octanol–water partition coefficient (Wildman–Crippen LogP) is 2.10. The molecule has 1 fully saturated rings. The van der Waals surface area contributed by atoms with Crippen LogP contribution in [-0.4, -0.2) is 43.1 Å². The first-order valence-corrected chi connectivity index (χ1v) is 7.23. The minimum Gasteiger partial charge on any atom is -0.497 e. The first kappa shape index (κ1) is 15.1. The highest BCUT2D eigenvalue weighted by atomic mass is 35.5. The molecule has 110 valence electrons. The van der Waals surface area contributed by atoms with Gasteiger partial charge in [0, 0.05) is 30.2 Å². The van der Waals surface area contributed by atoms with Crippen molar-refractivity contribution in [3.8, 4) is 5.75 Å². The third-order valence-electron chi connectivity index (χ3n) is 3.51. The number of hydrogen-bond acceptors (Lipinski definition) is 3. The van der Waals surface area contributed by atoms with Crippen LogP contribution in [0.4, 0.5) is 0 Å². The van der Waals surface area contributed by atoms with Gasteiger partial charge in [0.15, 0.2) is 0 Å². The second kappa shape index (κ2) is 6.46. The molecular weight excluding hydrogens is 276 g/mol. The molecule has 0 spiro atoms. The van der Waals surface area contributed by atoms with Crippen LogP contribution in [0.3, 0.4) is 0 Å². The number of nitrogens with zero attached hydrogens (tertiary/aromatic N) is 1. The molecular formula is C15H21ClN2O2. The minimum absolute atomic E-state index is 0.122. The van der Waals surface area contributed by atoms with Gasteiger partial charge < -0.3 is 15.0 Å². The summed E-state index contributed by atoms with van der Waals surface area (Å²) in [6, 6.07) is 6.08. The van der Waals surface area contributed by atoms with Crippen LogP contribution in [0.25, 0.3) is 0 Å². The highest BCUT2D eigenvalue weighted by Crippen LogP contribution is 2.23. The highest BCUT2D eigenvalue weighted by molar-refractivity contribution is 6.31. The fourth-order valence-corrected chi connectivity index (χ4v) is 2.84. The maximum atomic E-state index is 12.4. The Balaban J connectivity index is 2.04. The average molecular weight is 297 g/mol. The molecule has 0 aromatic heterocycles. The molecule has 1 N–H and O–H groups in total. The van der Waals surface area contributed by atoms with Crippen LogP contribution in [0.5, 0.6) is 5.75 Å². The molecule has 0 radical (unpaired) electrons. The SMILES string of the molecule is COc1ccc(CC(=O)N2C[C@@H](C)N[C@H](C)C2)c(Cl)c1. The van der Waals surface area contributed by atoms with Gasteiger partial charge in [-0.3, -0.25) is 4.79 Å². The Morgan fingerprint density at radius 2 is 2.05 bits per heavy atom. The molecule has 1 aliphatic heterocycles. The highest BCUT2D eigenvalue weighted by Gasteiger charge is 2.25. The molecule has 1 aliphatic rings. The molecule has 2 rings (SSSR count). The van der Waals surface area contributed by atoms with Gasteiger partial charge in [-0.2, -0.15) is 0 Å². The molecule has 1 heterocycles. The number of hydrogen-bond donors (Lipinski definition) is 1. The van der Waals surface area contributed by atoms with E-state index in [1.165, 1.54) is 0 Å². The lowest BCUT2D eigenvalue weighted by Crippen LogP contribution is -2.56. The van der Waals surface area contributed by atoms with E-state index in [1.807, 2.05) is 17.0 Å². The van der Waals surface area contributed by atoms with Crippen LogP contribution in [0, 0.1) is 0 Å². The summed E-state index contributed by atoms with van der Waals surface area (Å²) < 4.78 is 5.11. The summed E-state index contributed by atoms with van der Waals surface area (Å²) in [5.41, 5.74) is 0.844. The molecule has 1 saturated heterocycles. The second-order valence-corrected chi connectivity index (χ2v) is 5.81. The van der Waals surface area contributed by atoms with Crippen molar-refractivity contribution in [3.05, 3.63) is 28.8 Å². The largest absolute Gasteiger partial charge is 0.497 e. The van der Waals surface area contributed by atoms with Crippen LogP contribution in [0.15, 0.2) is 18.2 Å². The van der Waals surface area contributed by atoms with Crippen LogP contribution in [0.1, 0.15) is 19.4 Å². The summed E-state index contributed by atoms with van der Waals surface area (Å²) in [7, 11) is 1.60. The first-order chi connectivity index (χ1) is 9.49. The Kier molecular flexibility index (Phi) is 4.89. The van der Waals surface area contributed by atoms with E-state index in [4.69, 9.17) is 16.3 Å². The van der Waals surface area contributed by atoms with Gasteiger partial charge in [0.1, 0.15) is 5.75 Å². The summed E-state index contributed by atoms with van der Waals surface area (Å²) in [6.07, 6.45) is 0.336. The van der Waals surface area contributed by atoms with Crippen LogP contribution < -0.4 is 10.1 Å². The quantitative estimate of drug-likeness (QED) is 0.929. The lowest BCUT2D eigenvalue weighted by molar-refractivity contribution is -0.132. The number of amides is 1. The van der Waals surface area contributed by atoms with Crippen molar-refractivity contribution in [2.24, 2.45) is 0 Å². The normalized spacial score (nSPS) is 22.7. The zero-order valence-corrected chi connectivity index (χ0v) is 12.9. The van der Waals surface area contributed by atoms with Gasteiger partial charge >= 0.3 is 0 Å². The van der Waals surface area contributed by atoms with Crippen LogP contribution in [0.2, 0.25) is 5.02 Å². The van der Waals surface area contributed by atoms with Gasteiger partial charge in [0.05, 0.1) is 13.5 Å². The summed E-state index contributed by atoms with van der Waals surface area (Å²) in [5, 5.41) is 4.00. The number of benzene rings is 1. The van der Waals surface area contributed by atoms with Crippen LogP contribution >= 0.6 is 11.6 Å². The van der Waals surface area contributed by atoms with Crippen molar-refractivity contribution >= 4 is 17.5 Å². The fourth-order valence-electron chi connectivity index (χ4n) is 2.60. The molecule has 1 aromatic carbocycles. The maximum absolute atomic E-state index is 12.4. The Bertz CT molecular complexity index is 483. The number of carbonyl (C=O) groups is 1. The van der Waals surface area contributed by atoms with E-state index in [2.05, 4.69) is 19.2 Å². The molecule has 0 aliphatic carbocycles. The number of piperazine rings is 1. The molecule has 2 atom stereocenters. The average Bonchev–Trinajstić information content (AvgIpc) is 2.39. The lowest BCUT2D eigenvalue weighted by Gasteiger charge is -2.36. The van der Waals surface area contributed by atoms with E-state index in [0.717, 1.165) is 18.7 Å². The number of ether oxygens (including phenoxy) is 1. The Morgan fingerprint density at radius 1 is 1.40 bits per heavy atom. The first-order valence-electron chi connectivity index (χ1n) is 6.86. The van der Waals surface area contributed by atoms with Crippen LogP contribution in [-0.2, 0) is 11.2 Å². The molecule has 0 bridgehead atoms. The van der Waals surface area contributed by atoms with Crippen molar-refractivity contribution in [2.75, 3.05) is 20.2 Å². The van der Waals surface area contributed by atoms with E-state index >= 15 is 0 Å². The molecule has 4 nitrogen and oxygen atoms in total. The second-order valence-electron chi connectivity index (χ2n) is 5.40. The Hall–Kier alpha value is -1.26. The smallest absolute Gasteiger partial charge is 0.227 e. The third kappa shape index (κ3) is 3.64. The monoisotopic (exact) mass is 296 g/mol. The molecule has 0 saturated carbocycles. The van der Waals surface area contributed by atoms with E-state index in [0.29, 0.717) is 29.3 Å². The van der Waals surface area contributed by atoms with Gasteiger partial charge in [-0.05, 0) is 31.5 Å². The third-order valence-corrected chi connectivity index (χ3v) is 3.86. The van der Waals surface area contributed by atoms with Crippen molar-refractivity contribution < 1.29 is 9.53 Å². The molecule has 1 amide bonds.